The molecule has 0 atom stereocenters. The molecule has 0 spiro atoms. The van der Waals surface area contributed by atoms with Gasteiger partial charge in [0.15, 0.2) is 5.78 Å². The van der Waals surface area contributed by atoms with E-state index < -0.39 is 5.97 Å². The summed E-state index contributed by atoms with van der Waals surface area (Å²) in [4.78, 5) is 26.8. The number of aromatic carboxylic acids is 1. The van der Waals surface area contributed by atoms with Crippen LogP contribution in [0.1, 0.15) is 31.8 Å². The Labute approximate surface area is 127 Å². The van der Waals surface area contributed by atoms with Gasteiger partial charge >= 0.3 is 5.97 Å². The van der Waals surface area contributed by atoms with Gasteiger partial charge in [0.2, 0.25) is 0 Å². The summed E-state index contributed by atoms with van der Waals surface area (Å²) in [5.74, 6) is -1.24. The average Bonchev–Trinajstić information content (AvgIpc) is 2.54. The minimum Gasteiger partial charge on any atom is -0.478 e. The molecule has 0 fully saturated rings. The molecule has 0 saturated heterocycles. The van der Waals surface area contributed by atoms with Gasteiger partial charge < -0.3 is 5.11 Å². The molecule has 0 aromatic heterocycles. The normalized spacial score (nSPS) is 10.8. The molecule has 112 valence electrons. The molecule has 5 heteroatoms. The quantitative estimate of drug-likeness (QED) is 0.370. The summed E-state index contributed by atoms with van der Waals surface area (Å²) < 4.78 is 0. The van der Waals surface area contributed by atoms with E-state index in [0.717, 1.165) is 11.1 Å². The molecule has 2 N–H and O–H groups in total. The van der Waals surface area contributed by atoms with Gasteiger partial charge in [0.1, 0.15) is 6.61 Å². The number of carbonyl (C=O) groups excluding carboxylic acids is 1. The summed E-state index contributed by atoms with van der Waals surface area (Å²) in [6, 6.07) is 12.9. The van der Waals surface area contributed by atoms with Gasteiger partial charge in [-0.25, -0.2) is 9.68 Å². The monoisotopic (exact) mass is 298 g/mol. The highest BCUT2D eigenvalue weighted by molar-refractivity contribution is 6.07. The molecule has 0 radical (unpaired) electrons. The first-order valence-electron chi connectivity index (χ1n) is 6.51. The maximum atomic E-state index is 12.0. The van der Waals surface area contributed by atoms with Crippen molar-refractivity contribution in [2.24, 2.45) is 0 Å². The molecular formula is C17H14O5. The second-order valence-corrected chi connectivity index (χ2v) is 4.60. The van der Waals surface area contributed by atoms with E-state index in [9.17, 15) is 9.59 Å². The first-order chi connectivity index (χ1) is 10.6. The maximum Gasteiger partial charge on any atom is 0.335 e. The van der Waals surface area contributed by atoms with Crippen molar-refractivity contribution < 1.29 is 24.8 Å². The first-order valence-corrected chi connectivity index (χ1v) is 6.51. The molecule has 2 aromatic rings. The number of allylic oxidation sites excluding steroid dienone is 1. The lowest BCUT2D eigenvalue weighted by atomic mass is 10.1. The summed E-state index contributed by atoms with van der Waals surface area (Å²) in [5, 5.41) is 17.2. The summed E-state index contributed by atoms with van der Waals surface area (Å²) in [6.45, 7) is 0.110. The number of carboxylic acids is 1. The Morgan fingerprint density at radius 1 is 0.955 bits per heavy atom. The van der Waals surface area contributed by atoms with E-state index in [-0.39, 0.29) is 18.0 Å². The van der Waals surface area contributed by atoms with Crippen LogP contribution in [0, 0.1) is 0 Å². The Bertz CT molecular complexity index is 684. The fourth-order valence-corrected chi connectivity index (χ4v) is 1.84. The number of ketones is 1. The third kappa shape index (κ3) is 4.12. The Kier molecular flexibility index (Phi) is 5.19. The molecular weight excluding hydrogens is 284 g/mol. The largest absolute Gasteiger partial charge is 0.478 e. The van der Waals surface area contributed by atoms with Gasteiger partial charge in [-0.2, -0.15) is 0 Å². The van der Waals surface area contributed by atoms with Gasteiger partial charge in [-0.05, 0) is 29.3 Å². The van der Waals surface area contributed by atoms with Crippen molar-refractivity contribution in [2.45, 2.75) is 6.61 Å². The number of benzene rings is 2. The smallest absolute Gasteiger partial charge is 0.335 e. The lowest BCUT2D eigenvalue weighted by molar-refractivity contribution is -0.253. The van der Waals surface area contributed by atoms with Crippen LogP contribution >= 0.6 is 0 Å². The molecule has 22 heavy (non-hydrogen) atoms. The molecule has 0 aliphatic heterocycles. The predicted molar refractivity (Wildman–Crippen MR) is 80.6 cm³/mol. The fourth-order valence-electron chi connectivity index (χ4n) is 1.84. The van der Waals surface area contributed by atoms with Crippen molar-refractivity contribution in [2.75, 3.05) is 0 Å². The molecule has 0 heterocycles. The van der Waals surface area contributed by atoms with Gasteiger partial charge in [-0.15, -0.1) is 0 Å². The number of hydrogen-bond donors (Lipinski definition) is 2. The minimum absolute atomic E-state index is 0.110. The zero-order valence-electron chi connectivity index (χ0n) is 11.6. The molecule has 0 amide bonds. The van der Waals surface area contributed by atoms with Crippen LogP contribution < -0.4 is 0 Å². The average molecular weight is 298 g/mol. The van der Waals surface area contributed by atoms with Crippen LogP contribution in [0.25, 0.3) is 6.08 Å². The van der Waals surface area contributed by atoms with Gasteiger partial charge in [0, 0.05) is 5.56 Å². The van der Waals surface area contributed by atoms with E-state index in [1.807, 2.05) is 0 Å². The third-order valence-electron chi connectivity index (χ3n) is 3.05. The zero-order chi connectivity index (χ0) is 15.9. The highest BCUT2D eigenvalue weighted by Crippen LogP contribution is 2.10. The molecule has 2 aromatic carbocycles. The van der Waals surface area contributed by atoms with Crippen LogP contribution in [-0.2, 0) is 11.5 Å². The molecule has 0 unspecified atom stereocenters. The molecule has 0 saturated carbocycles. The number of rotatable bonds is 6. The van der Waals surface area contributed by atoms with Crippen molar-refractivity contribution in [1.29, 1.82) is 0 Å². The lowest BCUT2D eigenvalue weighted by Gasteiger charge is -1.99. The summed E-state index contributed by atoms with van der Waals surface area (Å²) >= 11 is 0. The Hall–Kier alpha value is -2.76. The van der Waals surface area contributed by atoms with Crippen LogP contribution in [0.3, 0.4) is 0 Å². The van der Waals surface area contributed by atoms with Crippen LogP contribution in [-0.4, -0.2) is 22.1 Å². The van der Waals surface area contributed by atoms with Crippen molar-refractivity contribution in [3.05, 3.63) is 76.9 Å². The van der Waals surface area contributed by atoms with Gasteiger partial charge in [0.05, 0.1) is 5.56 Å². The molecule has 0 aliphatic rings. The highest BCUT2D eigenvalue weighted by atomic mass is 17.1. The Balaban J connectivity index is 2.05. The SMILES string of the molecule is O=C(O)c1ccc(C(=O)/C=C/c2ccc(COO)cc2)cc1. The fraction of sp³-hybridized carbons (Fsp3) is 0.0588. The zero-order valence-corrected chi connectivity index (χ0v) is 11.6. The summed E-state index contributed by atoms with van der Waals surface area (Å²) in [5.41, 5.74) is 2.21. The van der Waals surface area contributed by atoms with Crippen LogP contribution in [0.15, 0.2) is 54.6 Å². The molecule has 0 aliphatic carbocycles. The van der Waals surface area contributed by atoms with E-state index in [0.29, 0.717) is 5.56 Å². The standard InChI is InChI=1S/C17H14O5/c18-16(14-6-8-15(9-7-14)17(19)20)10-5-12-1-3-13(4-2-12)11-22-21/h1-10,21H,11H2,(H,19,20)/b10-5+. The molecule has 5 nitrogen and oxygen atoms in total. The topological polar surface area (TPSA) is 83.8 Å². The Morgan fingerprint density at radius 3 is 2.09 bits per heavy atom. The Morgan fingerprint density at radius 2 is 1.55 bits per heavy atom. The molecule has 0 bridgehead atoms. The van der Waals surface area contributed by atoms with Crippen LogP contribution in [0.4, 0.5) is 0 Å². The maximum absolute atomic E-state index is 12.0. The second-order valence-electron chi connectivity index (χ2n) is 4.60. The molecule has 2 rings (SSSR count). The second kappa shape index (κ2) is 7.31. The van der Waals surface area contributed by atoms with E-state index in [1.165, 1.54) is 30.3 Å². The minimum atomic E-state index is -1.03. The van der Waals surface area contributed by atoms with Gasteiger partial charge in [-0.1, -0.05) is 42.5 Å². The summed E-state index contributed by atoms with van der Waals surface area (Å²) in [6.07, 6.45) is 3.09. The number of hydrogen-bond acceptors (Lipinski definition) is 4. The van der Waals surface area contributed by atoms with E-state index in [4.69, 9.17) is 10.4 Å². The van der Waals surface area contributed by atoms with Crippen molar-refractivity contribution in [3.8, 4) is 0 Å². The van der Waals surface area contributed by atoms with Crippen molar-refractivity contribution in [3.63, 3.8) is 0 Å². The van der Waals surface area contributed by atoms with Crippen LogP contribution in [0.2, 0.25) is 0 Å². The lowest BCUT2D eigenvalue weighted by Crippen LogP contribution is -1.98. The number of carbonyl (C=O) groups is 2. The third-order valence-corrected chi connectivity index (χ3v) is 3.05. The van der Waals surface area contributed by atoms with Crippen molar-refractivity contribution in [1.82, 2.24) is 0 Å². The van der Waals surface area contributed by atoms with E-state index in [2.05, 4.69) is 4.89 Å². The number of carboxylic acid groups (broad SMARTS) is 1. The van der Waals surface area contributed by atoms with Gasteiger partial charge in [-0.3, -0.25) is 10.1 Å². The van der Waals surface area contributed by atoms with Crippen LogP contribution in [0.5, 0.6) is 0 Å². The van der Waals surface area contributed by atoms with E-state index in [1.54, 1.807) is 30.3 Å². The van der Waals surface area contributed by atoms with E-state index >= 15 is 0 Å². The predicted octanol–water partition coefficient (Wildman–Crippen LogP) is 3.27. The first kappa shape index (κ1) is 15.6. The summed E-state index contributed by atoms with van der Waals surface area (Å²) in [7, 11) is 0. The van der Waals surface area contributed by atoms with Crippen molar-refractivity contribution >= 4 is 17.8 Å². The highest BCUT2D eigenvalue weighted by Gasteiger charge is 2.05. The van der Waals surface area contributed by atoms with Gasteiger partial charge in [0.25, 0.3) is 0 Å².